The number of rotatable bonds is 7. The molecule has 8 heteroatoms. The van der Waals surface area contributed by atoms with Crippen LogP contribution in [0, 0.1) is 0 Å². The van der Waals surface area contributed by atoms with E-state index in [4.69, 9.17) is 16.3 Å². The fourth-order valence-electron chi connectivity index (χ4n) is 2.99. The molecule has 2 heterocycles. The molecule has 2 aromatic rings. The fourth-order valence-corrected chi connectivity index (χ4v) is 3.11. The Kier molecular flexibility index (Phi) is 6.11. The highest BCUT2D eigenvalue weighted by Gasteiger charge is 2.19. The zero-order chi connectivity index (χ0) is 18.5. The number of aromatic nitrogens is 3. The molecule has 3 rings (SSSR count). The minimum absolute atomic E-state index is 0.0471. The molecule has 0 saturated carbocycles. The second kappa shape index (κ2) is 8.51. The molecule has 1 aliphatic heterocycles. The maximum absolute atomic E-state index is 12.8. The molecular weight excluding hydrogens is 356 g/mol. The van der Waals surface area contributed by atoms with Crippen molar-refractivity contribution in [3.63, 3.8) is 0 Å². The van der Waals surface area contributed by atoms with Gasteiger partial charge in [-0.2, -0.15) is 4.68 Å². The quantitative estimate of drug-likeness (QED) is 0.798. The van der Waals surface area contributed by atoms with Gasteiger partial charge in [-0.05, 0) is 43.5 Å². The zero-order valence-corrected chi connectivity index (χ0v) is 15.5. The van der Waals surface area contributed by atoms with Gasteiger partial charge in [0.05, 0.1) is 11.8 Å². The van der Waals surface area contributed by atoms with Gasteiger partial charge in [-0.3, -0.25) is 9.36 Å². The van der Waals surface area contributed by atoms with E-state index in [9.17, 15) is 9.59 Å². The Hall–Kier alpha value is -2.12. The molecule has 1 amide bonds. The molecular formula is C18H23ClN4O3. The SMILES string of the molecule is CCCc1nn(-c2ccc(Cl)cc2)c(=O)n1CC(=O)NCC1CCCO1. The maximum Gasteiger partial charge on any atom is 0.351 e. The number of halogens is 1. The van der Waals surface area contributed by atoms with Crippen molar-refractivity contribution in [1.29, 1.82) is 0 Å². The lowest BCUT2D eigenvalue weighted by Gasteiger charge is -2.11. The third kappa shape index (κ3) is 4.34. The largest absolute Gasteiger partial charge is 0.376 e. The molecule has 1 fully saturated rings. The maximum atomic E-state index is 12.8. The highest BCUT2D eigenvalue weighted by molar-refractivity contribution is 6.30. The van der Waals surface area contributed by atoms with Gasteiger partial charge in [-0.1, -0.05) is 18.5 Å². The van der Waals surface area contributed by atoms with Gasteiger partial charge in [0.15, 0.2) is 0 Å². The summed E-state index contributed by atoms with van der Waals surface area (Å²) < 4.78 is 8.25. The Morgan fingerprint density at radius 1 is 1.38 bits per heavy atom. The van der Waals surface area contributed by atoms with Gasteiger partial charge in [0, 0.05) is 24.6 Å². The van der Waals surface area contributed by atoms with Crippen LogP contribution < -0.4 is 11.0 Å². The van der Waals surface area contributed by atoms with Gasteiger partial charge in [-0.25, -0.2) is 4.79 Å². The van der Waals surface area contributed by atoms with Crippen LogP contribution in [0.3, 0.4) is 0 Å². The van der Waals surface area contributed by atoms with Crippen LogP contribution in [-0.4, -0.2) is 39.5 Å². The molecule has 0 radical (unpaired) electrons. The third-order valence-corrected chi connectivity index (χ3v) is 4.59. The number of hydrogen-bond acceptors (Lipinski definition) is 4. The van der Waals surface area contributed by atoms with Crippen LogP contribution in [0.15, 0.2) is 29.1 Å². The number of carbonyl (C=O) groups excluding carboxylic acids is 1. The second-order valence-corrected chi connectivity index (χ2v) is 6.80. The van der Waals surface area contributed by atoms with Gasteiger partial charge in [0.25, 0.3) is 0 Å². The molecule has 7 nitrogen and oxygen atoms in total. The monoisotopic (exact) mass is 378 g/mol. The summed E-state index contributed by atoms with van der Waals surface area (Å²) in [5.41, 5.74) is 0.290. The normalized spacial score (nSPS) is 16.8. The van der Waals surface area contributed by atoms with Crippen molar-refractivity contribution >= 4 is 17.5 Å². The molecule has 0 aliphatic carbocycles. The molecule has 1 unspecified atom stereocenters. The van der Waals surface area contributed by atoms with Crippen molar-refractivity contribution in [2.24, 2.45) is 0 Å². The number of hydrogen-bond donors (Lipinski definition) is 1. The molecule has 1 N–H and O–H groups in total. The smallest absolute Gasteiger partial charge is 0.351 e. The highest BCUT2D eigenvalue weighted by atomic mass is 35.5. The Bertz CT molecular complexity index is 807. The van der Waals surface area contributed by atoms with E-state index in [2.05, 4.69) is 10.4 Å². The molecule has 1 aromatic carbocycles. The average molecular weight is 379 g/mol. The van der Waals surface area contributed by atoms with Crippen molar-refractivity contribution in [3.05, 3.63) is 45.6 Å². The topological polar surface area (TPSA) is 78.2 Å². The van der Waals surface area contributed by atoms with Crippen molar-refractivity contribution < 1.29 is 9.53 Å². The summed E-state index contributed by atoms with van der Waals surface area (Å²) in [5, 5.41) is 7.84. The Morgan fingerprint density at radius 3 is 2.81 bits per heavy atom. The van der Waals surface area contributed by atoms with Crippen LogP contribution in [0.1, 0.15) is 32.0 Å². The number of nitrogens with one attached hydrogen (secondary N) is 1. The predicted octanol–water partition coefficient (Wildman–Crippen LogP) is 1.94. The van der Waals surface area contributed by atoms with Gasteiger partial charge < -0.3 is 10.1 Å². The van der Waals surface area contributed by atoms with E-state index < -0.39 is 0 Å². The lowest BCUT2D eigenvalue weighted by Crippen LogP contribution is -2.37. The molecule has 26 heavy (non-hydrogen) atoms. The van der Waals surface area contributed by atoms with Crippen LogP contribution in [0.4, 0.5) is 0 Å². The standard InChI is InChI=1S/C18H23ClN4O3/c1-2-4-16-21-23(14-8-6-13(19)7-9-14)18(25)22(16)12-17(24)20-11-15-5-3-10-26-15/h6-9,15H,2-5,10-12H2,1H3,(H,20,24). The van der Waals surface area contributed by atoms with E-state index in [1.807, 2.05) is 6.92 Å². The molecule has 1 atom stereocenters. The van der Waals surface area contributed by atoms with Crippen molar-refractivity contribution in [2.45, 2.75) is 45.3 Å². The van der Waals surface area contributed by atoms with Crippen LogP contribution in [0.25, 0.3) is 5.69 Å². The summed E-state index contributed by atoms with van der Waals surface area (Å²) in [4.78, 5) is 25.1. The number of ether oxygens (including phenoxy) is 1. The predicted molar refractivity (Wildman–Crippen MR) is 98.8 cm³/mol. The lowest BCUT2D eigenvalue weighted by atomic mass is 10.2. The third-order valence-electron chi connectivity index (χ3n) is 4.34. The first-order valence-corrected chi connectivity index (χ1v) is 9.29. The average Bonchev–Trinajstić information content (AvgIpc) is 3.25. The van der Waals surface area contributed by atoms with Crippen molar-refractivity contribution in [2.75, 3.05) is 13.2 Å². The van der Waals surface area contributed by atoms with E-state index >= 15 is 0 Å². The zero-order valence-electron chi connectivity index (χ0n) is 14.8. The molecule has 1 aromatic heterocycles. The summed E-state index contributed by atoms with van der Waals surface area (Å²) in [6.45, 7) is 3.18. The molecule has 0 bridgehead atoms. The lowest BCUT2D eigenvalue weighted by molar-refractivity contribution is -0.122. The molecule has 0 spiro atoms. The number of aryl methyl sites for hydroxylation is 1. The van der Waals surface area contributed by atoms with Gasteiger partial charge >= 0.3 is 5.69 Å². The molecule has 1 aliphatic rings. The van der Waals surface area contributed by atoms with Gasteiger partial charge in [0.2, 0.25) is 5.91 Å². The van der Waals surface area contributed by atoms with Gasteiger partial charge in [0.1, 0.15) is 12.4 Å². The number of amides is 1. The van der Waals surface area contributed by atoms with Crippen molar-refractivity contribution in [1.82, 2.24) is 19.7 Å². The van der Waals surface area contributed by atoms with Crippen molar-refractivity contribution in [3.8, 4) is 5.69 Å². The summed E-state index contributed by atoms with van der Waals surface area (Å²) in [7, 11) is 0. The summed E-state index contributed by atoms with van der Waals surface area (Å²) >= 11 is 5.91. The van der Waals surface area contributed by atoms with E-state index in [-0.39, 0.29) is 24.2 Å². The van der Waals surface area contributed by atoms with E-state index in [1.165, 1.54) is 9.25 Å². The number of carbonyl (C=O) groups is 1. The van der Waals surface area contributed by atoms with E-state index in [0.29, 0.717) is 29.5 Å². The summed E-state index contributed by atoms with van der Waals surface area (Å²) in [6, 6.07) is 6.87. The summed E-state index contributed by atoms with van der Waals surface area (Å²) in [6.07, 6.45) is 3.50. The Labute approximate surface area is 156 Å². The Morgan fingerprint density at radius 2 is 2.15 bits per heavy atom. The Balaban J connectivity index is 1.77. The minimum Gasteiger partial charge on any atom is -0.376 e. The fraction of sp³-hybridized carbons (Fsp3) is 0.500. The highest BCUT2D eigenvalue weighted by Crippen LogP contribution is 2.12. The van der Waals surface area contributed by atoms with E-state index in [1.54, 1.807) is 24.3 Å². The van der Waals surface area contributed by atoms with E-state index in [0.717, 1.165) is 25.9 Å². The first-order valence-electron chi connectivity index (χ1n) is 8.91. The van der Waals surface area contributed by atoms with Crippen LogP contribution in [0.2, 0.25) is 5.02 Å². The molecule has 1 saturated heterocycles. The minimum atomic E-state index is -0.331. The molecule has 140 valence electrons. The second-order valence-electron chi connectivity index (χ2n) is 6.36. The van der Waals surface area contributed by atoms with Gasteiger partial charge in [-0.15, -0.1) is 5.10 Å². The number of benzene rings is 1. The first-order chi connectivity index (χ1) is 12.6. The van der Waals surface area contributed by atoms with Crippen LogP contribution in [-0.2, 0) is 22.5 Å². The first kappa shape index (κ1) is 18.7. The number of nitrogens with zero attached hydrogens (tertiary/aromatic N) is 3. The van der Waals surface area contributed by atoms with Crippen LogP contribution >= 0.6 is 11.6 Å². The summed E-state index contributed by atoms with van der Waals surface area (Å²) in [5.74, 6) is 0.385. The van der Waals surface area contributed by atoms with Crippen LogP contribution in [0.5, 0.6) is 0 Å².